The van der Waals surface area contributed by atoms with Gasteiger partial charge in [0, 0.05) is 6.54 Å². The summed E-state index contributed by atoms with van der Waals surface area (Å²) in [5.74, 6) is 3.36. The Bertz CT molecular complexity index is 780. The van der Waals surface area contributed by atoms with Crippen LogP contribution in [0.4, 0.5) is 0 Å². The first kappa shape index (κ1) is 25.9. The molecule has 0 spiro atoms. The molecule has 0 bridgehead atoms. The number of benzene rings is 2. The van der Waals surface area contributed by atoms with E-state index in [1.54, 1.807) is 14.2 Å². The first-order chi connectivity index (χ1) is 14.0. The van der Waals surface area contributed by atoms with E-state index < -0.39 is 0 Å². The van der Waals surface area contributed by atoms with Crippen molar-refractivity contribution in [1.82, 2.24) is 5.32 Å². The second-order valence-corrected chi connectivity index (χ2v) is 7.24. The van der Waals surface area contributed by atoms with Gasteiger partial charge in [0.2, 0.25) is 0 Å². The molecule has 0 unspecified atom stereocenters. The summed E-state index contributed by atoms with van der Waals surface area (Å²) in [5.41, 5.74) is 8.21. The predicted octanol–water partition coefficient (Wildman–Crippen LogP) is 4.39. The molecule has 30 heavy (non-hydrogen) atoms. The van der Waals surface area contributed by atoms with Crippen molar-refractivity contribution in [2.24, 2.45) is 16.6 Å². The van der Waals surface area contributed by atoms with Gasteiger partial charge in [-0.15, -0.1) is 24.0 Å². The Hall–Kier alpha value is -2.16. The molecule has 0 aliphatic rings. The fraction of sp³-hybridized carbons (Fsp3) is 0.435. The standard InChI is InChI=1S/C23H33N3O3.HI/c1-17(2)12-14-29-21-10-7-19(15-22(21)28-4)16-26-23(24)25-13-11-18-5-8-20(27-3)9-6-18;/h5-10,15,17H,11-14,16H2,1-4H3,(H3,24,25,26);1H. The molecule has 0 saturated carbocycles. The van der Waals surface area contributed by atoms with Gasteiger partial charge in [-0.2, -0.15) is 0 Å². The minimum absolute atomic E-state index is 0. The van der Waals surface area contributed by atoms with Gasteiger partial charge in [-0.05, 0) is 54.2 Å². The average molecular weight is 527 g/mol. The fourth-order valence-corrected chi connectivity index (χ4v) is 2.69. The van der Waals surface area contributed by atoms with Crippen LogP contribution in [-0.4, -0.2) is 33.3 Å². The monoisotopic (exact) mass is 527 g/mol. The van der Waals surface area contributed by atoms with Crippen LogP contribution in [-0.2, 0) is 13.0 Å². The molecule has 7 heteroatoms. The van der Waals surface area contributed by atoms with Crippen molar-refractivity contribution < 1.29 is 14.2 Å². The van der Waals surface area contributed by atoms with Crippen molar-refractivity contribution in [1.29, 1.82) is 0 Å². The molecule has 0 aliphatic carbocycles. The maximum atomic E-state index is 5.99. The number of aliphatic imine (C=N–C) groups is 1. The van der Waals surface area contributed by atoms with Crippen LogP contribution in [0.5, 0.6) is 17.2 Å². The van der Waals surface area contributed by atoms with E-state index in [0.29, 0.717) is 37.3 Å². The number of nitrogens with one attached hydrogen (secondary N) is 1. The van der Waals surface area contributed by atoms with Gasteiger partial charge in [0.15, 0.2) is 17.5 Å². The lowest BCUT2D eigenvalue weighted by Crippen LogP contribution is -2.33. The van der Waals surface area contributed by atoms with Crippen LogP contribution in [0.1, 0.15) is 31.4 Å². The molecule has 0 aromatic heterocycles. The highest BCUT2D eigenvalue weighted by Crippen LogP contribution is 2.28. The molecule has 0 saturated heterocycles. The molecule has 0 aliphatic heterocycles. The van der Waals surface area contributed by atoms with E-state index in [4.69, 9.17) is 19.9 Å². The van der Waals surface area contributed by atoms with Crippen molar-refractivity contribution in [2.75, 3.05) is 27.4 Å². The van der Waals surface area contributed by atoms with Crippen molar-refractivity contribution >= 4 is 29.9 Å². The van der Waals surface area contributed by atoms with Crippen LogP contribution in [0.15, 0.2) is 47.5 Å². The topological polar surface area (TPSA) is 78.1 Å². The van der Waals surface area contributed by atoms with E-state index in [9.17, 15) is 0 Å². The second kappa shape index (κ2) is 14.0. The van der Waals surface area contributed by atoms with E-state index in [1.165, 1.54) is 5.56 Å². The zero-order valence-electron chi connectivity index (χ0n) is 18.3. The number of nitrogens with zero attached hydrogens (tertiary/aromatic N) is 1. The maximum Gasteiger partial charge on any atom is 0.188 e. The third-order valence-corrected chi connectivity index (χ3v) is 4.49. The van der Waals surface area contributed by atoms with Crippen LogP contribution < -0.4 is 25.3 Å². The Morgan fingerprint density at radius 3 is 2.33 bits per heavy atom. The van der Waals surface area contributed by atoms with Crippen molar-refractivity contribution in [3.8, 4) is 17.2 Å². The molecule has 2 rings (SSSR count). The predicted molar refractivity (Wildman–Crippen MR) is 133 cm³/mol. The quantitative estimate of drug-likeness (QED) is 0.258. The van der Waals surface area contributed by atoms with Crippen LogP contribution in [0.2, 0.25) is 0 Å². The number of ether oxygens (including phenoxy) is 3. The van der Waals surface area contributed by atoms with Gasteiger partial charge in [0.1, 0.15) is 5.75 Å². The van der Waals surface area contributed by atoms with Gasteiger partial charge in [-0.25, -0.2) is 4.99 Å². The second-order valence-electron chi connectivity index (χ2n) is 7.24. The molecule has 2 aromatic rings. The molecule has 2 aromatic carbocycles. The number of hydrogen-bond acceptors (Lipinski definition) is 4. The molecule has 0 heterocycles. The summed E-state index contributed by atoms with van der Waals surface area (Å²) in [6.07, 6.45) is 1.87. The third kappa shape index (κ3) is 9.11. The number of hydrogen-bond donors (Lipinski definition) is 2. The van der Waals surface area contributed by atoms with E-state index >= 15 is 0 Å². The Morgan fingerprint density at radius 1 is 1.00 bits per heavy atom. The number of methoxy groups -OCH3 is 2. The Labute approximate surface area is 197 Å². The summed E-state index contributed by atoms with van der Waals surface area (Å²) >= 11 is 0. The first-order valence-corrected chi connectivity index (χ1v) is 9.98. The highest BCUT2D eigenvalue weighted by molar-refractivity contribution is 14.0. The van der Waals surface area contributed by atoms with Gasteiger partial charge in [-0.3, -0.25) is 0 Å². The highest BCUT2D eigenvalue weighted by atomic mass is 127. The van der Waals surface area contributed by atoms with Gasteiger partial charge in [0.05, 0.1) is 27.4 Å². The van der Waals surface area contributed by atoms with Crippen LogP contribution in [0, 0.1) is 5.92 Å². The molecule has 0 fully saturated rings. The van der Waals surface area contributed by atoms with Crippen LogP contribution in [0.3, 0.4) is 0 Å². The van der Waals surface area contributed by atoms with Gasteiger partial charge < -0.3 is 25.3 Å². The lowest BCUT2D eigenvalue weighted by Gasteiger charge is -2.13. The van der Waals surface area contributed by atoms with Crippen LogP contribution >= 0.6 is 24.0 Å². The lowest BCUT2D eigenvalue weighted by atomic mass is 10.1. The zero-order valence-corrected chi connectivity index (χ0v) is 20.6. The van der Waals surface area contributed by atoms with Crippen molar-refractivity contribution in [3.63, 3.8) is 0 Å². The van der Waals surface area contributed by atoms with Crippen LogP contribution in [0.25, 0.3) is 0 Å². The van der Waals surface area contributed by atoms with E-state index in [1.807, 2.05) is 42.5 Å². The molecular formula is C23H34IN3O3. The summed E-state index contributed by atoms with van der Waals surface area (Å²) in [6.45, 7) is 6.22. The maximum absolute atomic E-state index is 5.99. The number of guanidine groups is 1. The summed E-state index contributed by atoms with van der Waals surface area (Å²) < 4.78 is 16.4. The van der Waals surface area contributed by atoms with Crippen molar-refractivity contribution in [2.45, 2.75) is 33.2 Å². The Balaban J connectivity index is 0.00000450. The summed E-state index contributed by atoms with van der Waals surface area (Å²) in [6, 6.07) is 13.9. The Kier molecular flexibility index (Phi) is 12.0. The van der Waals surface area contributed by atoms with Gasteiger partial charge in [-0.1, -0.05) is 32.0 Å². The summed E-state index contributed by atoms with van der Waals surface area (Å²) in [4.78, 5) is 4.41. The fourth-order valence-electron chi connectivity index (χ4n) is 2.69. The molecule has 0 amide bonds. The largest absolute Gasteiger partial charge is 0.497 e. The Morgan fingerprint density at radius 2 is 1.70 bits per heavy atom. The number of halogens is 1. The molecule has 3 N–H and O–H groups in total. The SMILES string of the molecule is COc1ccc(CCNC(N)=NCc2ccc(OCCC(C)C)c(OC)c2)cc1.I. The zero-order chi connectivity index (χ0) is 21.1. The third-order valence-electron chi connectivity index (χ3n) is 4.49. The first-order valence-electron chi connectivity index (χ1n) is 9.98. The van der Waals surface area contributed by atoms with Crippen molar-refractivity contribution in [3.05, 3.63) is 53.6 Å². The average Bonchev–Trinajstić information content (AvgIpc) is 2.73. The lowest BCUT2D eigenvalue weighted by molar-refractivity contribution is 0.273. The summed E-state index contributed by atoms with van der Waals surface area (Å²) in [5, 5.41) is 3.15. The molecule has 166 valence electrons. The minimum Gasteiger partial charge on any atom is -0.497 e. The highest BCUT2D eigenvalue weighted by Gasteiger charge is 2.06. The van der Waals surface area contributed by atoms with Gasteiger partial charge in [0.25, 0.3) is 0 Å². The molecule has 0 atom stereocenters. The van der Waals surface area contributed by atoms with E-state index in [2.05, 4.69) is 24.2 Å². The van der Waals surface area contributed by atoms with Gasteiger partial charge >= 0.3 is 0 Å². The minimum atomic E-state index is 0. The van der Waals surface area contributed by atoms with E-state index in [-0.39, 0.29) is 24.0 Å². The molecular weight excluding hydrogens is 493 g/mol. The smallest absolute Gasteiger partial charge is 0.188 e. The normalized spacial score (nSPS) is 11.0. The molecule has 0 radical (unpaired) electrons. The number of nitrogens with two attached hydrogens (primary N) is 1. The molecule has 6 nitrogen and oxygen atoms in total. The summed E-state index contributed by atoms with van der Waals surface area (Å²) in [7, 11) is 3.31. The number of rotatable bonds is 11. The van der Waals surface area contributed by atoms with E-state index in [0.717, 1.165) is 29.9 Å².